The van der Waals surface area contributed by atoms with Crippen LogP contribution in [-0.4, -0.2) is 36.0 Å². The molecule has 0 bridgehead atoms. The molecule has 0 atom stereocenters. The summed E-state index contributed by atoms with van der Waals surface area (Å²) in [5, 5.41) is 14.7. The molecule has 0 fully saturated rings. The summed E-state index contributed by atoms with van der Waals surface area (Å²) < 4.78 is 69.0. The number of thioether (sulfide) groups is 1. The number of H-pyrrole nitrogens is 1. The lowest BCUT2D eigenvalue weighted by atomic mass is 10.0. The first-order valence-electron chi connectivity index (χ1n) is 14.5. The predicted molar refractivity (Wildman–Crippen MR) is 169 cm³/mol. The number of benzene rings is 4. The molecule has 6 rings (SSSR count). The van der Waals surface area contributed by atoms with Crippen LogP contribution < -0.4 is 5.43 Å². The van der Waals surface area contributed by atoms with Gasteiger partial charge in [-0.15, -0.1) is 22.0 Å². The number of pyridine rings is 1. The third kappa shape index (κ3) is 7.28. The molecule has 8 nitrogen and oxygen atoms in total. The lowest BCUT2D eigenvalue weighted by Gasteiger charge is -2.24. The minimum atomic E-state index is -4.43. The van der Waals surface area contributed by atoms with Crippen molar-refractivity contribution >= 4 is 28.6 Å². The average molecular weight is 677 g/mol. The molecule has 2 heterocycles. The van der Waals surface area contributed by atoms with Gasteiger partial charge in [0.25, 0.3) is 0 Å². The van der Waals surface area contributed by atoms with Gasteiger partial charge in [0.2, 0.25) is 5.91 Å². The molecule has 0 saturated heterocycles. The van der Waals surface area contributed by atoms with Gasteiger partial charge < -0.3 is 9.47 Å². The second-order valence-electron chi connectivity index (χ2n) is 10.8. The Hall–Kier alpha value is -5.37. The Bertz CT molecular complexity index is 2120. The summed E-state index contributed by atoms with van der Waals surface area (Å²) in [6.07, 6.45) is -4.43. The third-order valence-corrected chi connectivity index (χ3v) is 8.72. The van der Waals surface area contributed by atoms with Gasteiger partial charge in [-0.1, -0.05) is 65.9 Å². The fourth-order valence-corrected chi connectivity index (χ4v) is 6.20. The molecular weight excluding hydrogens is 651 g/mol. The molecule has 2 aromatic heterocycles. The smallest absolute Gasteiger partial charge is 0.329 e. The van der Waals surface area contributed by atoms with E-state index in [1.807, 2.05) is 0 Å². The van der Waals surface area contributed by atoms with Crippen LogP contribution in [0.1, 0.15) is 22.5 Å². The number of hydrogen-bond acceptors (Lipinski definition) is 6. The fourth-order valence-electron chi connectivity index (χ4n) is 5.16. The van der Waals surface area contributed by atoms with E-state index in [4.69, 9.17) is 0 Å². The highest BCUT2D eigenvalue weighted by atomic mass is 32.2. The number of fused-ring (bicyclic) bond motifs is 1. The Morgan fingerprint density at radius 3 is 2.27 bits per heavy atom. The van der Waals surface area contributed by atoms with Crippen LogP contribution >= 0.6 is 11.8 Å². The Morgan fingerprint density at radius 2 is 1.58 bits per heavy atom. The van der Waals surface area contributed by atoms with E-state index in [0.29, 0.717) is 27.1 Å². The highest BCUT2D eigenvalue weighted by Gasteiger charge is 2.30. The number of para-hydroxylation sites is 1. The summed E-state index contributed by atoms with van der Waals surface area (Å²) in [5.74, 6) is -2.06. The number of carbonyl (C=O) groups excluding carboxylic acids is 1. The minimum absolute atomic E-state index is 0.00736. The molecule has 0 aliphatic rings. The van der Waals surface area contributed by atoms with Crippen molar-refractivity contribution in [3.63, 3.8) is 0 Å². The van der Waals surface area contributed by atoms with E-state index in [-0.39, 0.29) is 48.1 Å². The molecule has 0 aliphatic carbocycles. The lowest BCUT2D eigenvalue weighted by Crippen LogP contribution is -2.34. The molecule has 1 amide bonds. The summed E-state index contributed by atoms with van der Waals surface area (Å²) in [4.78, 5) is 28.5. The molecule has 0 radical (unpaired) electrons. The third-order valence-electron chi connectivity index (χ3n) is 7.63. The van der Waals surface area contributed by atoms with Gasteiger partial charge in [-0.2, -0.15) is 18.4 Å². The second kappa shape index (κ2) is 13.8. The Balaban J connectivity index is 1.28. The highest BCUT2D eigenvalue weighted by Crippen LogP contribution is 2.31. The number of halogens is 5. The van der Waals surface area contributed by atoms with Crippen LogP contribution in [0, 0.1) is 11.6 Å². The van der Waals surface area contributed by atoms with E-state index in [0.717, 1.165) is 35.5 Å². The maximum atomic E-state index is 14.4. The monoisotopic (exact) mass is 676 g/mol. The first kappa shape index (κ1) is 32.6. The average Bonchev–Trinajstić information content (AvgIpc) is 3.60. The Labute approximate surface area is 274 Å². The van der Waals surface area contributed by atoms with E-state index >= 15 is 0 Å². The number of nitrogens with one attached hydrogen (secondary N) is 1. The van der Waals surface area contributed by atoms with Gasteiger partial charge in [-0.3, -0.25) is 9.59 Å². The molecule has 244 valence electrons. The zero-order valence-electron chi connectivity index (χ0n) is 24.9. The topological polar surface area (TPSA) is 96.8 Å². The number of hydrogen-bond donors (Lipinski definition) is 1. The number of amides is 1. The Morgan fingerprint density at radius 1 is 0.875 bits per heavy atom. The summed E-state index contributed by atoms with van der Waals surface area (Å²) in [6, 6.07) is 24.0. The van der Waals surface area contributed by atoms with Crippen molar-refractivity contribution in [1.29, 1.82) is 0 Å². The molecule has 0 unspecified atom stereocenters. The molecule has 4 aromatic carbocycles. The molecule has 6 aromatic rings. The molecule has 0 aliphatic heterocycles. The normalized spacial score (nSPS) is 11.6. The largest absolute Gasteiger partial charge is 0.416 e. The van der Waals surface area contributed by atoms with Crippen LogP contribution in [0.4, 0.5) is 22.0 Å². The highest BCUT2D eigenvalue weighted by molar-refractivity contribution is 7.98. The predicted octanol–water partition coefficient (Wildman–Crippen LogP) is 7.00. The molecule has 1 N–H and O–H groups in total. The summed E-state index contributed by atoms with van der Waals surface area (Å²) in [6.45, 7) is -0.100. The first-order valence-corrected chi connectivity index (χ1v) is 15.5. The van der Waals surface area contributed by atoms with Crippen molar-refractivity contribution in [2.75, 3.05) is 0 Å². The zero-order valence-corrected chi connectivity index (χ0v) is 25.7. The maximum Gasteiger partial charge on any atom is 0.416 e. The molecule has 14 heteroatoms. The zero-order chi connectivity index (χ0) is 33.8. The number of nitrogens with zero attached hydrogens (tertiary/aromatic N) is 5. The van der Waals surface area contributed by atoms with Crippen molar-refractivity contribution < 1.29 is 26.7 Å². The lowest BCUT2D eigenvalue weighted by molar-refractivity contribution is -0.137. The molecule has 0 saturated carbocycles. The van der Waals surface area contributed by atoms with E-state index in [1.165, 1.54) is 35.2 Å². The molecule has 0 spiro atoms. The standard InChI is InChI=1S/C34H25F5N6O2S/c35-27-6-3-4-24(33(27)36)20-48-32-16-29(46)26-5-1-2-7-28(26)45(32)19-31(47)44(18-30-40-42-43-41-30)17-21-8-10-22(11-9-21)23-12-14-25(15-13-23)34(37,38)39/h1-16H,17-20H2,(H,40,41,42,43). The van der Waals surface area contributed by atoms with Crippen LogP contribution in [0.2, 0.25) is 0 Å². The maximum absolute atomic E-state index is 14.4. The number of aromatic amines is 1. The van der Waals surface area contributed by atoms with Gasteiger partial charge in [-0.05, 0) is 47.0 Å². The number of rotatable bonds is 10. The minimum Gasteiger partial charge on any atom is -0.329 e. The van der Waals surface area contributed by atoms with E-state index < -0.39 is 23.4 Å². The van der Waals surface area contributed by atoms with Crippen LogP contribution in [0.25, 0.3) is 22.0 Å². The summed E-state index contributed by atoms with van der Waals surface area (Å²) in [5.41, 5.74) is 1.59. The molecular formula is C34H25F5N6O2S. The van der Waals surface area contributed by atoms with E-state index in [1.54, 1.807) is 53.1 Å². The van der Waals surface area contributed by atoms with E-state index in [2.05, 4.69) is 20.6 Å². The summed E-state index contributed by atoms with van der Waals surface area (Å²) >= 11 is 1.10. The van der Waals surface area contributed by atoms with Crippen molar-refractivity contribution in [2.24, 2.45) is 0 Å². The van der Waals surface area contributed by atoms with Gasteiger partial charge in [0.1, 0.15) is 6.54 Å². The first-order chi connectivity index (χ1) is 23.1. The van der Waals surface area contributed by atoms with Crippen LogP contribution in [0.3, 0.4) is 0 Å². The second-order valence-corrected chi connectivity index (χ2v) is 11.8. The van der Waals surface area contributed by atoms with Gasteiger partial charge in [0.15, 0.2) is 22.9 Å². The van der Waals surface area contributed by atoms with E-state index in [9.17, 15) is 31.5 Å². The number of carbonyl (C=O) groups is 1. The summed E-state index contributed by atoms with van der Waals surface area (Å²) in [7, 11) is 0. The van der Waals surface area contributed by atoms with Crippen molar-refractivity contribution in [2.45, 2.75) is 36.6 Å². The SMILES string of the molecule is O=C(Cn1c(SCc2cccc(F)c2F)cc(=O)c2ccccc21)N(Cc1ccc(-c2ccc(C(F)(F)F)cc2)cc1)Cc1nn[nH]n1. The van der Waals surface area contributed by atoms with Crippen molar-refractivity contribution in [1.82, 2.24) is 30.1 Å². The number of tetrazole rings is 1. The van der Waals surface area contributed by atoms with Crippen molar-refractivity contribution in [3.05, 3.63) is 141 Å². The van der Waals surface area contributed by atoms with Crippen LogP contribution in [-0.2, 0) is 36.4 Å². The van der Waals surface area contributed by atoms with Gasteiger partial charge >= 0.3 is 6.18 Å². The van der Waals surface area contributed by atoms with Gasteiger partial charge in [0, 0.05) is 29.3 Å². The Kier molecular flexibility index (Phi) is 9.35. The van der Waals surface area contributed by atoms with Gasteiger partial charge in [0.05, 0.1) is 22.7 Å². The fraction of sp³-hybridized carbons (Fsp3) is 0.147. The molecule has 48 heavy (non-hydrogen) atoms. The number of alkyl halides is 3. The van der Waals surface area contributed by atoms with Crippen LogP contribution in [0.15, 0.2) is 107 Å². The van der Waals surface area contributed by atoms with Gasteiger partial charge in [-0.25, -0.2) is 8.78 Å². The quantitative estimate of drug-likeness (QED) is 0.124. The van der Waals surface area contributed by atoms with Crippen LogP contribution in [0.5, 0.6) is 0 Å². The van der Waals surface area contributed by atoms with Crippen molar-refractivity contribution in [3.8, 4) is 11.1 Å². The number of aromatic nitrogens is 5.